The number of fused-ring (bicyclic) bond motifs is 1. The van der Waals surface area contributed by atoms with Gasteiger partial charge < -0.3 is 19.2 Å². The molecule has 0 saturated carbocycles. The van der Waals surface area contributed by atoms with Crippen LogP contribution in [0, 0.1) is 0 Å². The van der Waals surface area contributed by atoms with Crippen LogP contribution in [-0.2, 0) is 16.1 Å². The summed E-state index contributed by atoms with van der Waals surface area (Å²) in [4.78, 5) is 28.4. The van der Waals surface area contributed by atoms with Crippen molar-refractivity contribution >= 4 is 17.5 Å². The summed E-state index contributed by atoms with van der Waals surface area (Å²) in [7, 11) is 0. The molecule has 3 aromatic rings. The fraction of sp³-hybridized carbons (Fsp3) is 0.250. The van der Waals surface area contributed by atoms with Gasteiger partial charge in [-0.3, -0.25) is 4.79 Å². The monoisotopic (exact) mass is 367 g/mol. The molecule has 0 aliphatic heterocycles. The second-order valence-corrected chi connectivity index (χ2v) is 5.96. The topological polar surface area (TPSA) is 81.9 Å². The Labute approximate surface area is 156 Å². The van der Waals surface area contributed by atoms with Crippen molar-refractivity contribution in [2.24, 2.45) is 0 Å². The molecule has 1 amide bonds. The van der Waals surface area contributed by atoms with Gasteiger partial charge in [0.1, 0.15) is 24.0 Å². The van der Waals surface area contributed by atoms with Crippen molar-refractivity contribution in [3.8, 4) is 5.75 Å². The van der Waals surface area contributed by atoms with Gasteiger partial charge in [-0.2, -0.15) is 0 Å². The van der Waals surface area contributed by atoms with E-state index in [1.54, 1.807) is 38.1 Å². The standard InChI is InChI=1S/C20H21N3O4/c1-3-26-20(25)14(2)21-19(24)15-7-6-8-17(11-15)27-13-16-12-23-10-5-4-9-18(23)22-16/h4-12,14H,3,13H2,1-2H3,(H,21,24). The summed E-state index contributed by atoms with van der Waals surface area (Å²) in [5, 5.41) is 2.61. The number of nitrogens with one attached hydrogen (secondary N) is 1. The number of hydrogen-bond donors (Lipinski definition) is 1. The van der Waals surface area contributed by atoms with Crippen molar-refractivity contribution in [2.75, 3.05) is 6.61 Å². The molecule has 1 atom stereocenters. The van der Waals surface area contributed by atoms with Crippen LogP contribution in [0.2, 0.25) is 0 Å². The number of aromatic nitrogens is 2. The van der Waals surface area contributed by atoms with E-state index >= 15 is 0 Å². The Morgan fingerprint density at radius 2 is 2.07 bits per heavy atom. The first kappa shape index (κ1) is 18.4. The lowest BCUT2D eigenvalue weighted by molar-refractivity contribution is -0.144. The summed E-state index contributed by atoms with van der Waals surface area (Å²) in [6, 6.07) is 11.8. The van der Waals surface area contributed by atoms with Crippen molar-refractivity contribution in [2.45, 2.75) is 26.5 Å². The molecule has 7 heteroatoms. The number of nitrogens with zero attached hydrogens (tertiary/aromatic N) is 2. The Hall–Kier alpha value is -3.35. The fourth-order valence-electron chi connectivity index (χ4n) is 2.55. The predicted octanol–water partition coefficient (Wildman–Crippen LogP) is 2.59. The number of carbonyl (C=O) groups excluding carboxylic acids is 2. The maximum absolute atomic E-state index is 12.3. The third-order valence-electron chi connectivity index (χ3n) is 3.88. The number of benzene rings is 1. The lowest BCUT2D eigenvalue weighted by atomic mass is 10.2. The number of amides is 1. The summed E-state index contributed by atoms with van der Waals surface area (Å²) >= 11 is 0. The molecule has 1 N–H and O–H groups in total. The molecule has 0 bridgehead atoms. The van der Waals surface area contributed by atoms with Gasteiger partial charge in [-0.1, -0.05) is 12.1 Å². The highest BCUT2D eigenvalue weighted by atomic mass is 16.5. The number of pyridine rings is 1. The van der Waals surface area contributed by atoms with E-state index in [0.29, 0.717) is 11.3 Å². The number of esters is 1. The molecule has 0 radical (unpaired) electrons. The van der Waals surface area contributed by atoms with Crippen LogP contribution in [0.5, 0.6) is 5.75 Å². The van der Waals surface area contributed by atoms with Gasteiger partial charge in [-0.25, -0.2) is 9.78 Å². The Bertz CT molecular complexity index is 918. The summed E-state index contributed by atoms with van der Waals surface area (Å²) in [5.74, 6) is -0.290. The van der Waals surface area contributed by atoms with E-state index in [0.717, 1.165) is 11.3 Å². The number of rotatable bonds is 7. The normalized spacial score (nSPS) is 11.8. The maximum atomic E-state index is 12.3. The summed E-state index contributed by atoms with van der Waals surface area (Å²) in [6.07, 6.45) is 3.81. The Balaban J connectivity index is 1.62. The highest BCUT2D eigenvalue weighted by Gasteiger charge is 2.17. The van der Waals surface area contributed by atoms with Crippen LogP contribution in [0.25, 0.3) is 5.65 Å². The molecule has 0 fully saturated rings. The molecule has 0 aliphatic rings. The predicted molar refractivity (Wildman–Crippen MR) is 99.5 cm³/mol. The number of imidazole rings is 1. The average Bonchev–Trinajstić information content (AvgIpc) is 3.09. The molecule has 7 nitrogen and oxygen atoms in total. The zero-order chi connectivity index (χ0) is 19.2. The molecule has 2 heterocycles. The first-order valence-corrected chi connectivity index (χ1v) is 8.70. The van der Waals surface area contributed by atoms with Crippen molar-refractivity contribution in [1.82, 2.24) is 14.7 Å². The minimum Gasteiger partial charge on any atom is -0.487 e. The molecule has 0 saturated heterocycles. The summed E-state index contributed by atoms with van der Waals surface area (Å²) < 4.78 is 12.6. The van der Waals surface area contributed by atoms with E-state index in [1.165, 1.54) is 0 Å². The van der Waals surface area contributed by atoms with Gasteiger partial charge >= 0.3 is 5.97 Å². The molecule has 140 valence electrons. The minimum absolute atomic E-state index is 0.269. The van der Waals surface area contributed by atoms with Crippen molar-refractivity contribution in [1.29, 1.82) is 0 Å². The van der Waals surface area contributed by atoms with Gasteiger partial charge in [-0.05, 0) is 44.2 Å². The van der Waals surface area contributed by atoms with Gasteiger partial charge in [0.05, 0.1) is 12.3 Å². The Morgan fingerprint density at radius 3 is 2.85 bits per heavy atom. The number of ether oxygens (including phenoxy) is 2. The van der Waals surface area contributed by atoms with Crippen molar-refractivity contribution in [3.05, 3.63) is 66.1 Å². The van der Waals surface area contributed by atoms with E-state index in [9.17, 15) is 9.59 Å². The zero-order valence-corrected chi connectivity index (χ0v) is 15.2. The number of hydrogen-bond acceptors (Lipinski definition) is 5. The molecule has 2 aromatic heterocycles. The number of carbonyl (C=O) groups is 2. The van der Waals surface area contributed by atoms with Crippen LogP contribution < -0.4 is 10.1 Å². The van der Waals surface area contributed by atoms with E-state index < -0.39 is 12.0 Å². The van der Waals surface area contributed by atoms with Crippen molar-refractivity contribution in [3.63, 3.8) is 0 Å². The maximum Gasteiger partial charge on any atom is 0.328 e. The lowest BCUT2D eigenvalue weighted by Crippen LogP contribution is -2.39. The minimum atomic E-state index is -0.722. The second kappa shape index (κ2) is 8.35. The molecule has 1 unspecified atom stereocenters. The molecule has 3 rings (SSSR count). The smallest absolute Gasteiger partial charge is 0.328 e. The molecule has 0 spiro atoms. The molecule has 27 heavy (non-hydrogen) atoms. The molecule has 1 aromatic carbocycles. The van der Waals surface area contributed by atoms with Crippen LogP contribution in [-0.4, -0.2) is 33.9 Å². The Morgan fingerprint density at radius 1 is 1.22 bits per heavy atom. The van der Waals surface area contributed by atoms with Gasteiger partial charge in [0.15, 0.2) is 0 Å². The van der Waals surface area contributed by atoms with E-state index in [1.807, 2.05) is 35.0 Å². The summed E-state index contributed by atoms with van der Waals surface area (Å²) in [5.41, 5.74) is 2.03. The van der Waals surface area contributed by atoms with Gasteiger partial charge in [-0.15, -0.1) is 0 Å². The van der Waals surface area contributed by atoms with E-state index in [2.05, 4.69) is 10.3 Å². The molecule has 0 aliphatic carbocycles. The quantitative estimate of drug-likeness (QED) is 0.649. The van der Waals surface area contributed by atoms with Crippen LogP contribution in [0.3, 0.4) is 0 Å². The third kappa shape index (κ3) is 4.63. The fourth-order valence-corrected chi connectivity index (χ4v) is 2.55. The van der Waals surface area contributed by atoms with Gasteiger partial charge in [0.2, 0.25) is 0 Å². The van der Waals surface area contributed by atoms with Crippen LogP contribution >= 0.6 is 0 Å². The first-order valence-electron chi connectivity index (χ1n) is 8.70. The third-order valence-corrected chi connectivity index (χ3v) is 3.88. The SMILES string of the molecule is CCOC(=O)C(C)NC(=O)c1cccc(OCc2cn3ccccc3n2)c1. The zero-order valence-electron chi connectivity index (χ0n) is 15.2. The van der Waals surface area contributed by atoms with Crippen LogP contribution in [0.15, 0.2) is 54.9 Å². The van der Waals surface area contributed by atoms with Crippen LogP contribution in [0.4, 0.5) is 0 Å². The van der Waals surface area contributed by atoms with E-state index in [-0.39, 0.29) is 19.1 Å². The Kier molecular flexibility index (Phi) is 5.71. The molecular weight excluding hydrogens is 346 g/mol. The van der Waals surface area contributed by atoms with Crippen LogP contribution in [0.1, 0.15) is 29.9 Å². The van der Waals surface area contributed by atoms with Gasteiger partial charge in [0.25, 0.3) is 5.91 Å². The lowest BCUT2D eigenvalue weighted by Gasteiger charge is -2.13. The second-order valence-electron chi connectivity index (χ2n) is 5.96. The van der Waals surface area contributed by atoms with E-state index in [4.69, 9.17) is 9.47 Å². The summed E-state index contributed by atoms with van der Waals surface area (Å²) in [6.45, 7) is 3.85. The largest absolute Gasteiger partial charge is 0.487 e. The average molecular weight is 367 g/mol. The highest BCUT2D eigenvalue weighted by Crippen LogP contribution is 2.16. The van der Waals surface area contributed by atoms with Crippen molar-refractivity contribution < 1.29 is 19.1 Å². The highest BCUT2D eigenvalue weighted by molar-refractivity contribution is 5.97. The van der Waals surface area contributed by atoms with Gasteiger partial charge in [0, 0.05) is 18.0 Å². The molecular formula is C20H21N3O4. The first-order chi connectivity index (χ1) is 13.1.